The number of anilines is 1. The van der Waals surface area contributed by atoms with Gasteiger partial charge < -0.3 is 15.2 Å². The van der Waals surface area contributed by atoms with Gasteiger partial charge in [-0.3, -0.25) is 0 Å². The van der Waals surface area contributed by atoms with Gasteiger partial charge in [-0.1, -0.05) is 0 Å². The standard InChI is InChI=1S/C11H18N2O4S/c1-3-16-7-8(2)17-11-6-9(18(13,14)15)4-5-10(11)12/h4-6,8H,3,7,12H2,1-2H3,(H2,13,14,15). The van der Waals surface area contributed by atoms with Crippen LogP contribution >= 0.6 is 0 Å². The Bertz CT molecular complexity index is 502. The molecule has 1 atom stereocenters. The van der Waals surface area contributed by atoms with E-state index in [1.165, 1.54) is 18.2 Å². The highest BCUT2D eigenvalue weighted by molar-refractivity contribution is 7.89. The summed E-state index contributed by atoms with van der Waals surface area (Å²) in [6, 6.07) is 4.10. The molecule has 7 heteroatoms. The second-order valence-electron chi connectivity index (χ2n) is 3.83. The molecule has 102 valence electrons. The van der Waals surface area contributed by atoms with E-state index in [1.54, 1.807) is 6.92 Å². The van der Waals surface area contributed by atoms with Crippen LogP contribution in [0.5, 0.6) is 5.75 Å². The second-order valence-corrected chi connectivity index (χ2v) is 5.39. The van der Waals surface area contributed by atoms with Crippen molar-refractivity contribution in [1.29, 1.82) is 0 Å². The van der Waals surface area contributed by atoms with Gasteiger partial charge in [-0.25, -0.2) is 13.6 Å². The van der Waals surface area contributed by atoms with Gasteiger partial charge in [-0.2, -0.15) is 0 Å². The normalized spacial score (nSPS) is 13.3. The predicted octanol–water partition coefficient (Wildman–Crippen LogP) is 0.720. The quantitative estimate of drug-likeness (QED) is 0.744. The van der Waals surface area contributed by atoms with Crippen molar-refractivity contribution in [1.82, 2.24) is 0 Å². The maximum absolute atomic E-state index is 11.2. The van der Waals surface area contributed by atoms with Crippen LogP contribution in [-0.4, -0.2) is 27.7 Å². The third-order valence-corrected chi connectivity index (χ3v) is 3.11. The predicted molar refractivity (Wildman–Crippen MR) is 68.8 cm³/mol. The SMILES string of the molecule is CCOCC(C)Oc1cc(S(N)(=O)=O)ccc1N. The maximum atomic E-state index is 11.2. The molecule has 0 radical (unpaired) electrons. The van der Waals surface area contributed by atoms with E-state index in [2.05, 4.69) is 0 Å². The van der Waals surface area contributed by atoms with Crippen LogP contribution in [0.25, 0.3) is 0 Å². The van der Waals surface area contributed by atoms with Crippen molar-refractivity contribution in [2.45, 2.75) is 24.8 Å². The molecule has 0 heterocycles. The van der Waals surface area contributed by atoms with Crippen LogP contribution in [0.1, 0.15) is 13.8 Å². The highest BCUT2D eigenvalue weighted by Gasteiger charge is 2.13. The zero-order valence-corrected chi connectivity index (χ0v) is 11.2. The first kappa shape index (κ1) is 14.7. The molecule has 0 fully saturated rings. The van der Waals surface area contributed by atoms with E-state index in [-0.39, 0.29) is 16.7 Å². The number of nitrogen functional groups attached to an aromatic ring is 1. The van der Waals surface area contributed by atoms with Crippen LogP contribution < -0.4 is 15.6 Å². The van der Waals surface area contributed by atoms with Gasteiger partial charge in [0.2, 0.25) is 10.0 Å². The third-order valence-electron chi connectivity index (χ3n) is 2.20. The number of ether oxygens (including phenoxy) is 2. The van der Waals surface area contributed by atoms with Gasteiger partial charge in [-0.05, 0) is 26.0 Å². The minimum absolute atomic E-state index is 0.0321. The summed E-state index contributed by atoms with van der Waals surface area (Å²) in [5, 5.41) is 5.04. The fourth-order valence-electron chi connectivity index (χ4n) is 1.33. The lowest BCUT2D eigenvalue weighted by molar-refractivity contribution is 0.0660. The summed E-state index contributed by atoms with van der Waals surface area (Å²) in [7, 11) is -3.76. The van der Waals surface area contributed by atoms with Crippen molar-refractivity contribution in [2.75, 3.05) is 18.9 Å². The van der Waals surface area contributed by atoms with Gasteiger partial charge in [0.15, 0.2) is 0 Å². The fraction of sp³-hybridized carbons (Fsp3) is 0.455. The molecule has 1 aromatic carbocycles. The fourth-order valence-corrected chi connectivity index (χ4v) is 1.86. The number of nitrogens with two attached hydrogens (primary N) is 2. The Balaban J connectivity index is 2.88. The smallest absolute Gasteiger partial charge is 0.238 e. The minimum atomic E-state index is -3.76. The van der Waals surface area contributed by atoms with Crippen LogP contribution in [0.3, 0.4) is 0 Å². The molecule has 4 N–H and O–H groups in total. The summed E-state index contributed by atoms with van der Waals surface area (Å²) >= 11 is 0. The molecule has 0 aliphatic heterocycles. The maximum Gasteiger partial charge on any atom is 0.238 e. The lowest BCUT2D eigenvalue weighted by atomic mass is 10.3. The van der Waals surface area contributed by atoms with Crippen molar-refractivity contribution in [3.8, 4) is 5.75 Å². The van der Waals surface area contributed by atoms with Crippen LogP contribution in [-0.2, 0) is 14.8 Å². The Morgan fingerprint density at radius 1 is 1.39 bits per heavy atom. The highest BCUT2D eigenvalue weighted by Crippen LogP contribution is 2.25. The Morgan fingerprint density at radius 3 is 2.61 bits per heavy atom. The molecule has 1 unspecified atom stereocenters. The summed E-state index contributed by atoms with van der Waals surface area (Å²) in [6.45, 7) is 4.66. The topological polar surface area (TPSA) is 105 Å². The number of rotatable bonds is 6. The summed E-state index contributed by atoms with van der Waals surface area (Å²) in [4.78, 5) is -0.0321. The molecule has 1 aromatic rings. The molecule has 0 saturated carbocycles. The first-order valence-electron chi connectivity index (χ1n) is 5.51. The molecule has 6 nitrogen and oxygen atoms in total. The average molecular weight is 274 g/mol. The van der Waals surface area contributed by atoms with Gasteiger partial charge in [0.05, 0.1) is 17.2 Å². The summed E-state index contributed by atoms with van der Waals surface area (Å²) in [5.74, 6) is 0.286. The Morgan fingerprint density at radius 2 is 2.06 bits per heavy atom. The third kappa shape index (κ3) is 4.17. The van der Waals surface area contributed by atoms with Crippen molar-refractivity contribution < 1.29 is 17.9 Å². The van der Waals surface area contributed by atoms with Gasteiger partial charge in [0.1, 0.15) is 11.9 Å². The first-order chi connectivity index (χ1) is 8.34. The van der Waals surface area contributed by atoms with E-state index in [1.807, 2.05) is 6.92 Å². The lowest BCUT2D eigenvalue weighted by Crippen LogP contribution is -2.20. The van der Waals surface area contributed by atoms with E-state index >= 15 is 0 Å². The number of hydrogen-bond donors (Lipinski definition) is 2. The van der Waals surface area contributed by atoms with Crippen molar-refractivity contribution in [2.24, 2.45) is 5.14 Å². The second kappa shape index (κ2) is 6.03. The molecule has 0 aliphatic carbocycles. The van der Waals surface area contributed by atoms with E-state index in [0.717, 1.165) is 0 Å². The van der Waals surface area contributed by atoms with E-state index < -0.39 is 10.0 Å². The van der Waals surface area contributed by atoms with Crippen molar-refractivity contribution >= 4 is 15.7 Å². The van der Waals surface area contributed by atoms with Crippen molar-refractivity contribution in [3.63, 3.8) is 0 Å². The molecule has 18 heavy (non-hydrogen) atoms. The monoisotopic (exact) mass is 274 g/mol. The molecule has 1 rings (SSSR count). The Hall–Kier alpha value is -1.31. The molecule has 0 saturated heterocycles. The van der Waals surface area contributed by atoms with Crippen LogP contribution in [0.4, 0.5) is 5.69 Å². The highest BCUT2D eigenvalue weighted by atomic mass is 32.2. The number of benzene rings is 1. The van der Waals surface area contributed by atoms with E-state index in [9.17, 15) is 8.42 Å². The van der Waals surface area contributed by atoms with Crippen molar-refractivity contribution in [3.05, 3.63) is 18.2 Å². The summed E-state index contributed by atoms with van der Waals surface area (Å²) in [6.07, 6.45) is -0.233. The molecule has 0 spiro atoms. The largest absolute Gasteiger partial charge is 0.486 e. The van der Waals surface area contributed by atoms with Gasteiger partial charge in [0, 0.05) is 12.7 Å². The molecular weight excluding hydrogens is 256 g/mol. The number of primary sulfonamides is 1. The Kier molecular flexibility index (Phi) is 4.94. The summed E-state index contributed by atoms with van der Waals surface area (Å²) in [5.41, 5.74) is 6.06. The van der Waals surface area contributed by atoms with E-state index in [0.29, 0.717) is 18.9 Å². The first-order valence-corrected chi connectivity index (χ1v) is 7.06. The van der Waals surface area contributed by atoms with Crippen LogP contribution in [0.15, 0.2) is 23.1 Å². The molecule has 0 bridgehead atoms. The zero-order valence-electron chi connectivity index (χ0n) is 10.4. The van der Waals surface area contributed by atoms with Gasteiger partial charge >= 0.3 is 0 Å². The molecular formula is C11H18N2O4S. The van der Waals surface area contributed by atoms with Gasteiger partial charge in [0.25, 0.3) is 0 Å². The number of sulfonamides is 1. The average Bonchev–Trinajstić information content (AvgIpc) is 2.28. The zero-order chi connectivity index (χ0) is 13.8. The van der Waals surface area contributed by atoms with E-state index in [4.69, 9.17) is 20.3 Å². The molecule has 0 aliphatic rings. The minimum Gasteiger partial charge on any atom is -0.486 e. The summed E-state index contributed by atoms with van der Waals surface area (Å²) < 4.78 is 33.1. The molecule has 0 amide bonds. The number of hydrogen-bond acceptors (Lipinski definition) is 5. The van der Waals surface area contributed by atoms with Crippen LogP contribution in [0.2, 0.25) is 0 Å². The van der Waals surface area contributed by atoms with Crippen LogP contribution in [0, 0.1) is 0 Å². The molecule has 0 aromatic heterocycles. The Labute approximate surface area is 107 Å². The lowest BCUT2D eigenvalue weighted by Gasteiger charge is -2.16. The van der Waals surface area contributed by atoms with Gasteiger partial charge in [-0.15, -0.1) is 0 Å².